The lowest BCUT2D eigenvalue weighted by atomic mass is 9.76. The Morgan fingerprint density at radius 3 is 2.11 bits per heavy atom. The number of fused-ring (bicyclic) bond motifs is 3. The van der Waals surface area contributed by atoms with Gasteiger partial charge in [-0.1, -0.05) is 30.3 Å². The Morgan fingerprint density at radius 1 is 0.921 bits per heavy atom. The van der Waals surface area contributed by atoms with Gasteiger partial charge in [0, 0.05) is 29.5 Å². The van der Waals surface area contributed by atoms with Crippen LogP contribution in [0.4, 0.5) is 0 Å². The summed E-state index contributed by atoms with van der Waals surface area (Å²) in [5, 5.41) is 12.6. The van der Waals surface area contributed by atoms with Gasteiger partial charge in [-0.15, -0.1) is 0 Å². The zero-order chi connectivity index (χ0) is 27.0. The molecule has 38 heavy (non-hydrogen) atoms. The number of piperidine rings is 2. The Hall–Kier alpha value is -3.43. The van der Waals surface area contributed by atoms with Crippen LogP contribution in [0.25, 0.3) is 5.69 Å². The highest BCUT2D eigenvalue weighted by molar-refractivity contribution is 7.89. The first kappa shape index (κ1) is 26.2. The molecule has 2 aliphatic heterocycles. The molecule has 8 nitrogen and oxygen atoms in total. The zero-order valence-corrected chi connectivity index (χ0v) is 22.4. The molecule has 200 valence electrons. The highest BCUT2D eigenvalue weighted by Crippen LogP contribution is 2.42. The number of amides is 1. The topological polar surface area (TPSA) is 109 Å². The first-order valence-electron chi connectivity index (χ1n) is 13.0. The number of carbonyl (C=O) groups excluding carboxylic acids is 1. The largest absolute Gasteiger partial charge is 0.480 e. The molecule has 0 radical (unpaired) electrons. The van der Waals surface area contributed by atoms with Gasteiger partial charge in [0.2, 0.25) is 15.9 Å². The van der Waals surface area contributed by atoms with Crippen molar-refractivity contribution in [3.8, 4) is 5.69 Å². The Labute approximate surface area is 223 Å². The van der Waals surface area contributed by atoms with Crippen LogP contribution >= 0.6 is 0 Å². The van der Waals surface area contributed by atoms with E-state index < -0.39 is 34.0 Å². The van der Waals surface area contributed by atoms with E-state index >= 15 is 0 Å². The van der Waals surface area contributed by atoms with Crippen molar-refractivity contribution in [2.24, 2.45) is 5.92 Å². The molecule has 3 heterocycles. The number of aromatic nitrogens is 1. The predicted molar refractivity (Wildman–Crippen MR) is 144 cm³/mol. The molecule has 1 amide bonds. The number of aryl methyl sites for hydroxylation is 2. The fourth-order valence-electron chi connectivity index (χ4n) is 6.05. The van der Waals surface area contributed by atoms with Gasteiger partial charge >= 0.3 is 5.97 Å². The third-order valence-electron chi connectivity index (χ3n) is 7.93. The van der Waals surface area contributed by atoms with Crippen LogP contribution in [-0.4, -0.2) is 52.4 Å². The van der Waals surface area contributed by atoms with Crippen molar-refractivity contribution in [3.63, 3.8) is 0 Å². The molecule has 9 heteroatoms. The summed E-state index contributed by atoms with van der Waals surface area (Å²) in [6, 6.07) is 17.5. The SMILES string of the molecule is Cc1ccc(C)n1-c1ccc(C[C@H](NC(=O)C2C3CCC(CC3)N2S(=O)(=O)c2ccccc2)C(=O)O)cc1. The maximum absolute atomic E-state index is 13.6. The van der Waals surface area contributed by atoms with Gasteiger partial charge in [-0.2, -0.15) is 4.31 Å². The molecule has 6 rings (SSSR count). The van der Waals surface area contributed by atoms with Gasteiger partial charge in [-0.05, 0) is 87.4 Å². The molecule has 2 aromatic carbocycles. The lowest BCUT2D eigenvalue weighted by Crippen LogP contribution is -2.63. The third kappa shape index (κ3) is 4.88. The molecule has 3 fully saturated rings. The molecule has 1 unspecified atom stereocenters. The van der Waals surface area contributed by atoms with Crippen LogP contribution in [0.5, 0.6) is 0 Å². The van der Waals surface area contributed by atoms with Gasteiger partial charge in [0.05, 0.1) is 4.90 Å². The second kappa shape index (κ2) is 10.4. The summed E-state index contributed by atoms with van der Waals surface area (Å²) < 4.78 is 30.7. The van der Waals surface area contributed by atoms with E-state index in [9.17, 15) is 23.1 Å². The standard InChI is InChI=1S/C29H33N3O5S/c1-19-8-9-20(2)31(19)23-14-10-21(11-15-23)18-26(29(34)35)30-28(33)27-22-12-16-24(17-13-22)32(27)38(36,37)25-6-4-3-5-7-25/h3-11,14-15,22,24,26-27H,12-13,16-18H2,1-2H3,(H,30,33)(H,34,35)/t22?,24?,26-,27?/m0/s1. The highest BCUT2D eigenvalue weighted by atomic mass is 32.2. The van der Waals surface area contributed by atoms with Gasteiger partial charge in [0.25, 0.3) is 0 Å². The van der Waals surface area contributed by atoms with Crippen LogP contribution < -0.4 is 5.32 Å². The molecular weight excluding hydrogens is 502 g/mol. The summed E-state index contributed by atoms with van der Waals surface area (Å²) in [6.07, 6.45) is 3.00. The molecule has 2 bridgehead atoms. The Morgan fingerprint density at radius 2 is 1.53 bits per heavy atom. The summed E-state index contributed by atoms with van der Waals surface area (Å²) in [4.78, 5) is 25.9. The molecule has 2 atom stereocenters. The lowest BCUT2D eigenvalue weighted by Gasteiger charge is -2.49. The van der Waals surface area contributed by atoms with Crippen LogP contribution in [0.15, 0.2) is 71.6 Å². The molecule has 2 N–H and O–H groups in total. The Kier molecular flexibility index (Phi) is 7.15. The minimum Gasteiger partial charge on any atom is -0.480 e. The number of rotatable bonds is 8. The Bertz CT molecular complexity index is 1410. The van der Waals surface area contributed by atoms with Gasteiger partial charge in [-0.25, -0.2) is 13.2 Å². The van der Waals surface area contributed by atoms with Crippen LogP contribution in [0.3, 0.4) is 0 Å². The summed E-state index contributed by atoms with van der Waals surface area (Å²) >= 11 is 0. The molecule has 1 aliphatic carbocycles. The van der Waals surface area contributed by atoms with Crippen molar-refractivity contribution in [1.82, 2.24) is 14.2 Å². The third-order valence-corrected chi connectivity index (χ3v) is 9.88. The minimum absolute atomic E-state index is 0.0945. The first-order valence-corrected chi connectivity index (χ1v) is 14.5. The second-order valence-corrected chi connectivity index (χ2v) is 12.2. The summed E-state index contributed by atoms with van der Waals surface area (Å²) in [5.74, 6) is -1.83. The lowest BCUT2D eigenvalue weighted by molar-refractivity contribution is -0.143. The smallest absolute Gasteiger partial charge is 0.326 e. The molecular formula is C29H33N3O5S. The number of hydrogen-bond donors (Lipinski definition) is 2. The van der Waals surface area contributed by atoms with Gasteiger partial charge in [0.15, 0.2) is 0 Å². The average molecular weight is 536 g/mol. The van der Waals surface area contributed by atoms with Crippen LogP contribution in [-0.2, 0) is 26.0 Å². The first-order chi connectivity index (χ1) is 18.2. The molecule has 1 saturated carbocycles. The van der Waals surface area contributed by atoms with Crippen molar-refractivity contribution in [1.29, 1.82) is 0 Å². The number of aliphatic carboxylic acids is 1. The van der Waals surface area contributed by atoms with Crippen LogP contribution in [0.2, 0.25) is 0 Å². The molecule has 2 saturated heterocycles. The van der Waals surface area contributed by atoms with Crippen molar-refractivity contribution in [2.45, 2.75) is 69.0 Å². The van der Waals surface area contributed by atoms with E-state index in [4.69, 9.17) is 0 Å². The summed E-state index contributed by atoms with van der Waals surface area (Å²) in [6.45, 7) is 4.05. The van der Waals surface area contributed by atoms with E-state index in [-0.39, 0.29) is 23.3 Å². The van der Waals surface area contributed by atoms with Crippen molar-refractivity contribution in [3.05, 3.63) is 83.7 Å². The second-order valence-electron chi connectivity index (χ2n) is 10.4. The molecule has 1 aromatic heterocycles. The minimum atomic E-state index is -3.91. The molecule has 3 aliphatic rings. The fourth-order valence-corrected chi connectivity index (χ4v) is 7.96. The monoisotopic (exact) mass is 535 g/mol. The quantitative estimate of drug-likeness (QED) is 0.456. The number of carboxylic acid groups (broad SMARTS) is 1. The van der Waals surface area contributed by atoms with E-state index in [1.54, 1.807) is 18.2 Å². The maximum atomic E-state index is 13.6. The van der Waals surface area contributed by atoms with E-state index in [0.29, 0.717) is 12.8 Å². The van der Waals surface area contributed by atoms with Crippen LogP contribution in [0, 0.1) is 19.8 Å². The summed E-state index contributed by atoms with van der Waals surface area (Å²) in [7, 11) is -3.91. The van der Waals surface area contributed by atoms with E-state index in [2.05, 4.69) is 9.88 Å². The van der Waals surface area contributed by atoms with Crippen molar-refractivity contribution >= 4 is 21.9 Å². The number of benzene rings is 2. The Balaban J connectivity index is 1.36. The highest BCUT2D eigenvalue weighted by Gasteiger charge is 2.51. The van der Waals surface area contributed by atoms with Gasteiger partial charge in [0.1, 0.15) is 12.1 Å². The molecule has 0 spiro atoms. The summed E-state index contributed by atoms with van der Waals surface area (Å²) in [5.41, 5.74) is 3.94. The van der Waals surface area contributed by atoms with Crippen molar-refractivity contribution in [2.75, 3.05) is 0 Å². The number of nitrogens with zero attached hydrogens (tertiary/aromatic N) is 2. The zero-order valence-electron chi connectivity index (χ0n) is 21.6. The number of carbonyl (C=O) groups is 2. The van der Waals surface area contributed by atoms with Gasteiger partial charge < -0.3 is 15.0 Å². The van der Waals surface area contributed by atoms with Gasteiger partial charge in [-0.3, -0.25) is 4.79 Å². The van der Waals surface area contributed by atoms with E-state index in [1.165, 1.54) is 16.4 Å². The van der Waals surface area contributed by atoms with Crippen molar-refractivity contribution < 1.29 is 23.1 Å². The number of sulfonamides is 1. The van der Waals surface area contributed by atoms with Crippen LogP contribution in [0.1, 0.15) is 42.6 Å². The number of nitrogens with one attached hydrogen (secondary N) is 1. The molecule has 3 aromatic rings. The maximum Gasteiger partial charge on any atom is 0.326 e. The van der Waals surface area contributed by atoms with E-state index in [1.807, 2.05) is 50.2 Å². The predicted octanol–water partition coefficient (Wildman–Crippen LogP) is 3.84. The number of hydrogen-bond acceptors (Lipinski definition) is 4. The fraction of sp³-hybridized carbons (Fsp3) is 0.379. The van der Waals surface area contributed by atoms with E-state index in [0.717, 1.165) is 35.5 Å². The average Bonchev–Trinajstić information content (AvgIpc) is 3.26. The number of carboxylic acids is 1. The normalized spacial score (nSPS) is 22.2.